The number of aliphatic hydroxyl groups excluding tert-OH is 1. The molecule has 0 fully saturated rings. The Balaban J connectivity index is 2.12. The quantitative estimate of drug-likeness (QED) is 0.538. The number of aliphatic hydroxyl groups is 1. The summed E-state index contributed by atoms with van der Waals surface area (Å²) in [5.74, 6) is -2.99. The molecule has 2 atom stereocenters. The molecule has 0 saturated carbocycles. The summed E-state index contributed by atoms with van der Waals surface area (Å²) in [4.78, 5) is 42.8. The van der Waals surface area contributed by atoms with Gasteiger partial charge in [-0.3, -0.25) is 9.59 Å². The van der Waals surface area contributed by atoms with Gasteiger partial charge in [0.25, 0.3) is 0 Å². The van der Waals surface area contributed by atoms with Crippen molar-refractivity contribution in [2.45, 2.75) is 25.9 Å². The monoisotopic (exact) mass is 424 g/mol. The van der Waals surface area contributed by atoms with Gasteiger partial charge in [-0.1, -0.05) is 18.5 Å². The van der Waals surface area contributed by atoms with Gasteiger partial charge in [-0.15, -0.1) is 5.06 Å². The first kappa shape index (κ1) is 21.1. The second-order valence-electron chi connectivity index (χ2n) is 6.77. The number of rotatable bonds is 5. The van der Waals surface area contributed by atoms with Crippen LogP contribution >= 0.6 is 11.6 Å². The Morgan fingerprint density at radius 1 is 1.48 bits per heavy atom. The largest absolute Gasteiger partial charge is 0.507 e. The molecule has 1 spiro atoms. The van der Waals surface area contributed by atoms with E-state index in [4.69, 9.17) is 31.6 Å². The summed E-state index contributed by atoms with van der Waals surface area (Å²) < 4.78 is 11.1. The predicted octanol–water partition coefficient (Wildman–Crippen LogP) is 2.02. The fraction of sp³-hybridized carbons (Fsp3) is 0.421. The number of hydrogen-bond acceptors (Lipinski definition) is 9. The van der Waals surface area contributed by atoms with Gasteiger partial charge in [0.05, 0.1) is 24.4 Å². The van der Waals surface area contributed by atoms with Crippen LogP contribution in [0, 0.1) is 5.92 Å². The van der Waals surface area contributed by atoms with Gasteiger partial charge in [-0.05, 0) is 13.0 Å². The molecule has 2 aliphatic rings. The first-order valence-electron chi connectivity index (χ1n) is 8.96. The Morgan fingerprint density at radius 3 is 2.72 bits per heavy atom. The summed E-state index contributed by atoms with van der Waals surface area (Å²) in [7, 11) is 1.32. The maximum Gasteiger partial charge on any atom is 0.358 e. The smallest absolute Gasteiger partial charge is 0.358 e. The number of benzene rings is 1. The number of ketones is 2. The van der Waals surface area contributed by atoms with Crippen molar-refractivity contribution in [1.82, 2.24) is 5.06 Å². The summed E-state index contributed by atoms with van der Waals surface area (Å²) >= 11 is 6.39. The highest BCUT2D eigenvalue weighted by Gasteiger charge is 2.59. The lowest BCUT2D eigenvalue weighted by atomic mass is 9.75. The lowest BCUT2D eigenvalue weighted by Gasteiger charge is -2.34. The van der Waals surface area contributed by atoms with Crippen LogP contribution in [0.2, 0.25) is 5.02 Å². The molecule has 0 amide bonds. The van der Waals surface area contributed by atoms with Crippen LogP contribution in [-0.4, -0.2) is 53.6 Å². The molecule has 156 valence electrons. The zero-order valence-corrected chi connectivity index (χ0v) is 16.9. The molecule has 1 aromatic rings. The predicted molar refractivity (Wildman–Crippen MR) is 102 cm³/mol. The van der Waals surface area contributed by atoms with Crippen LogP contribution < -0.4 is 15.2 Å². The maximum atomic E-state index is 13.3. The second kappa shape index (κ2) is 7.66. The molecule has 29 heavy (non-hydrogen) atoms. The number of hydroxylamine groups is 2. The third-order valence-electron chi connectivity index (χ3n) is 5.10. The zero-order chi connectivity index (χ0) is 21.5. The third kappa shape index (κ3) is 3.15. The molecular weight excluding hydrogens is 404 g/mol. The first-order chi connectivity index (χ1) is 13.7. The van der Waals surface area contributed by atoms with E-state index in [2.05, 4.69) is 0 Å². The number of allylic oxidation sites excluding steroid dienone is 1. The fourth-order valence-corrected chi connectivity index (χ4v) is 3.80. The zero-order valence-electron chi connectivity index (χ0n) is 16.2. The van der Waals surface area contributed by atoms with E-state index < -0.39 is 29.0 Å². The Labute approximate surface area is 171 Å². The van der Waals surface area contributed by atoms with Crippen molar-refractivity contribution in [3.63, 3.8) is 0 Å². The molecule has 1 aromatic carbocycles. The Bertz CT molecular complexity index is 926. The summed E-state index contributed by atoms with van der Waals surface area (Å²) in [5, 5.41) is 11.5. The minimum atomic E-state index is -1.80. The molecular formula is C19H21ClN2O7. The van der Waals surface area contributed by atoms with Gasteiger partial charge in [0.2, 0.25) is 11.4 Å². The summed E-state index contributed by atoms with van der Waals surface area (Å²) in [5.41, 5.74) is 3.60. The van der Waals surface area contributed by atoms with Gasteiger partial charge < -0.3 is 25.2 Å². The molecule has 0 aromatic heterocycles. The Morgan fingerprint density at radius 2 is 2.17 bits per heavy atom. The molecule has 0 unspecified atom stereocenters. The van der Waals surface area contributed by atoms with Crippen LogP contribution in [0.1, 0.15) is 41.0 Å². The Hall–Kier alpha value is -2.62. The van der Waals surface area contributed by atoms with Crippen molar-refractivity contribution in [2.75, 3.05) is 20.3 Å². The number of nitrogens with zero attached hydrogens (tertiary/aromatic N) is 1. The van der Waals surface area contributed by atoms with Gasteiger partial charge in [-0.2, -0.15) is 0 Å². The average Bonchev–Trinajstić information content (AvgIpc) is 3.00. The molecule has 0 radical (unpaired) electrons. The Kier molecular flexibility index (Phi) is 5.57. The van der Waals surface area contributed by atoms with Crippen LogP contribution in [0.5, 0.6) is 11.5 Å². The lowest BCUT2D eigenvalue weighted by Crippen LogP contribution is -2.51. The summed E-state index contributed by atoms with van der Waals surface area (Å²) in [6, 6.07) is 1.27. The highest BCUT2D eigenvalue weighted by Crippen LogP contribution is 2.52. The van der Waals surface area contributed by atoms with E-state index >= 15 is 0 Å². The number of nitrogens with two attached hydrogens (primary N) is 1. The van der Waals surface area contributed by atoms with Crippen LogP contribution in [-0.2, 0) is 9.63 Å². The highest BCUT2D eigenvalue weighted by molar-refractivity contribution is 6.36. The molecule has 0 bridgehead atoms. The van der Waals surface area contributed by atoms with Crippen molar-refractivity contribution < 1.29 is 33.8 Å². The standard InChI is InChI=1S/C19H21ClN2O7/c1-4-22(8-21)29-18(26)11-7-12(27-3)14-16(15(11)20)28-19(17(14)25)9(2)5-10(23)6-13(19)24/h6-7,9,24H,4-5,8,21H2,1-3H3/t9-,19+/m1/s1. The van der Waals surface area contributed by atoms with Gasteiger partial charge in [0, 0.05) is 25.0 Å². The number of fused-ring (bicyclic) bond motifs is 1. The summed E-state index contributed by atoms with van der Waals surface area (Å²) in [6.07, 6.45) is 0.973. The van der Waals surface area contributed by atoms with Crippen LogP contribution in [0.25, 0.3) is 0 Å². The normalized spacial score (nSPS) is 23.1. The molecule has 9 nitrogen and oxygen atoms in total. The second-order valence-corrected chi connectivity index (χ2v) is 7.15. The molecule has 1 aliphatic carbocycles. The van der Waals surface area contributed by atoms with Crippen LogP contribution in [0.3, 0.4) is 0 Å². The van der Waals surface area contributed by atoms with Crippen molar-refractivity contribution in [1.29, 1.82) is 0 Å². The third-order valence-corrected chi connectivity index (χ3v) is 5.48. The first-order valence-corrected chi connectivity index (χ1v) is 9.34. The highest BCUT2D eigenvalue weighted by atomic mass is 35.5. The van der Waals surface area contributed by atoms with Crippen LogP contribution in [0.4, 0.5) is 0 Å². The van der Waals surface area contributed by atoms with E-state index in [1.807, 2.05) is 0 Å². The maximum absolute atomic E-state index is 13.3. The molecule has 1 heterocycles. The molecule has 3 rings (SSSR count). The number of carbonyl (C=O) groups is 3. The van der Waals surface area contributed by atoms with Crippen LogP contribution in [0.15, 0.2) is 17.9 Å². The molecule has 3 N–H and O–H groups in total. The minimum absolute atomic E-state index is 0.000577. The van der Waals surface area contributed by atoms with E-state index in [9.17, 15) is 19.5 Å². The van der Waals surface area contributed by atoms with Gasteiger partial charge in [-0.25, -0.2) is 4.79 Å². The van der Waals surface area contributed by atoms with E-state index in [0.29, 0.717) is 6.54 Å². The number of ether oxygens (including phenoxy) is 2. The van der Waals surface area contributed by atoms with Crippen molar-refractivity contribution in [3.05, 3.63) is 34.1 Å². The van der Waals surface area contributed by atoms with Crippen molar-refractivity contribution >= 4 is 29.1 Å². The molecule has 0 saturated heterocycles. The number of hydrogen-bond donors (Lipinski definition) is 2. The molecule has 10 heteroatoms. The SMILES string of the molecule is CCN(CN)OC(=O)c1cc(OC)c2c(c1Cl)O[C@]1(C2=O)C(O)=CC(=O)C[C@H]1C. The van der Waals surface area contributed by atoms with E-state index in [0.717, 1.165) is 6.08 Å². The number of methoxy groups -OCH3 is 1. The van der Waals surface area contributed by atoms with Crippen molar-refractivity contribution in [2.24, 2.45) is 11.7 Å². The van der Waals surface area contributed by atoms with Crippen molar-refractivity contribution in [3.8, 4) is 11.5 Å². The van der Waals surface area contributed by atoms with Gasteiger partial charge >= 0.3 is 5.97 Å². The van der Waals surface area contributed by atoms with E-state index in [1.54, 1.807) is 13.8 Å². The van der Waals surface area contributed by atoms with Gasteiger partial charge in [0.15, 0.2) is 11.5 Å². The van der Waals surface area contributed by atoms with Gasteiger partial charge in [0.1, 0.15) is 17.1 Å². The molecule has 1 aliphatic heterocycles. The minimum Gasteiger partial charge on any atom is -0.507 e. The lowest BCUT2D eigenvalue weighted by molar-refractivity contribution is -0.118. The average molecular weight is 425 g/mol. The fourth-order valence-electron chi connectivity index (χ4n) is 3.53. The summed E-state index contributed by atoms with van der Waals surface area (Å²) in [6.45, 7) is 3.69. The topological polar surface area (TPSA) is 128 Å². The number of carbonyl (C=O) groups excluding carboxylic acids is 3. The van der Waals surface area contributed by atoms with E-state index in [-0.39, 0.29) is 46.5 Å². The van der Waals surface area contributed by atoms with E-state index in [1.165, 1.54) is 18.2 Å². The number of halogens is 1. The number of Topliss-reactive ketones (excluding diaryl/α,β-unsaturated/α-hetero) is 1.